The van der Waals surface area contributed by atoms with Crippen LogP contribution in [0.4, 0.5) is 0 Å². The van der Waals surface area contributed by atoms with E-state index in [9.17, 15) is 4.79 Å². The number of likely N-dealkylation sites (tertiary alicyclic amines) is 1. The number of hydrogen-bond donors (Lipinski definition) is 1. The minimum atomic E-state index is 0.265. The molecule has 0 bridgehead atoms. The molecule has 2 N–H and O–H groups in total. The van der Waals surface area contributed by atoms with Crippen molar-refractivity contribution in [3.05, 3.63) is 0 Å². The summed E-state index contributed by atoms with van der Waals surface area (Å²) < 4.78 is 0. The van der Waals surface area contributed by atoms with Gasteiger partial charge in [0.2, 0.25) is 5.91 Å². The molecule has 1 heterocycles. The third-order valence-corrected chi connectivity index (χ3v) is 4.60. The van der Waals surface area contributed by atoms with E-state index < -0.39 is 0 Å². The third-order valence-electron chi connectivity index (χ3n) is 4.60. The van der Waals surface area contributed by atoms with Gasteiger partial charge in [-0.25, -0.2) is 0 Å². The Morgan fingerprint density at radius 2 is 1.82 bits per heavy atom. The van der Waals surface area contributed by atoms with Crippen LogP contribution < -0.4 is 5.73 Å². The Hall–Kier alpha value is -0.570. The lowest BCUT2D eigenvalue weighted by molar-refractivity contribution is -0.135. The van der Waals surface area contributed by atoms with Crippen molar-refractivity contribution >= 4 is 5.91 Å². The molecule has 1 saturated carbocycles. The first kappa shape index (κ1) is 12.9. The maximum atomic E-state index is 12.4. The molecule has 0 aromatic heterocycles. The maximum absolute atomic E-state index is 12.4. The fourth-order valence-electron chi connectivity index (χ4n) is 3.16. The van der Waals surface area contributed by atoms with E-state index in [-0.39, 0.29) is 5.92 Å². The molecular weight excluding hydrogens is 212 g/mol. The zero-order chi connectivity index (χ0) is 12.4. The lowest BCUT2D eigenvalue weighted by atomic mass is 9.85. The van der Waals surface area contributed by atoms with Crippen LogP contribution in [-0.2, 0) is 4.79 Å². The molecule has 17 heavy (non-hydrogen) atoms. The van der Waals surface area contributed by atoms with Crippen molar-refractivity contribution in [2.45, 2.75) is 52.0 Å². The molecule has 2 aliphatic rings. The Kier molecular flexibility index (Phi) is 4.08. The predicted molar refractivity (Wildman–Crippen MR) is 69.5 cm³/mol. The average molecular weight is 238 g/mol. The van der Waals surface area contributed by atoms with Crippen molar-refractivity contribution in [2.24, 2.45) is 23.5 Å². The second-order valence-corrected chi connectivity index (χ2v) is 6.19. The predicted octanol–water partition coefficient (Wildman–Crippen LogP) is 2.01. The van der Waals surface area contributed by atoms with E-state index in [1.54, 1.807) is 0 Å². The summed E-state index contributed by atoms with van der Waals surface area (Å²) in [6.45, 7) is 6.49. The van der Waals surface area contributed by atoms with Gasteiger partial charge in [0.15, 0.2) is 0 Å². The first-order chi connectivity index (χ1) is 8.08. The maximum Gasteiger partial charge on any atom is 0.225 e. The number of nitrogens with zero attached hydrogens (tertiary/aromatic N) is 1. The molecule has 0 spiro atoms. The lowest BCUT2D eigenvalue weighted by Gasteiger charge is -2.29. The van der Waals surface area contributed by atoms with E-state index >= 15 is 0 Å². The summed E-state index contributed by atoms with van der Waals surface area (Å²) in [5.74, 6) is 2.08. The molecule has 3 nitrogen and oxygen atoms in total. The van der Waals surface area contributed by atoms with Crippen LogP contribution >= 0.6 is 0 Å². The summed E-state index contributed by atoms with van der Waals surface area (Å²) in [7, 11) is 0. The fraction of sp³-hybridized carbons (Fsp3) is 0.929. The largest absolute Gasteiger partial charge is 0.342 e. The summed E-state index contributed by atoms with van der Waals surface area (Å²) in [6.07, 6.45) is 5.25. The van der Waals surface area contributed by atoms with Crippen LogP contribution in [0.15, 0.2) is 0 Å². The molecule has 2 rings (SSSR count). The highest BCUT2D eigenvalue weighted by Crippen LogP contribution is 2.29. The highest BCUT2D eigenvalue weighted by molar-refractivity contribution is 5.79. The first-order valence-corrected chi connectivity index (χ1v) is 7.12. The van der Waals surface area contributed by atoms with Gasteiger partial charge in [0.25, 0.3) is 0 Å². The lowest BCUT2D eigenvalue weighted by Crippen LogP contribution is -2.38. The van der Waals surface area contributed by atoms with Crippen molar-refractivity contribution in [3.63, 3.8) is 0 Å². The van der Waals surface area contributed by atoms with E-state index in [0.29, 0.717) is 23.8 Å². The van der Waals surface area contributed by atoms with Gasteiger partial charge in [-0.15, -0.1) is 0 Å². The molecular formula is C14H26N2O. The van der Waals surface area contributed by atoms with Crippen LogP contribution in [0.2, 0.25) is 0 Å². The Bertz CT molecular complexity index is 269. The zero-order valence-electron chi connectivity index (χ0n) is 11.2. The molecule has 0 aromatic carbocycles. The van der Waals surface area contributed by atoms with Gasteiger partial charge in [-0.2, -0.15) is 0 Å². The number of amides is 1. The van der Waals surface area contributed by atoms with Crippen LogP contribution in [-0.4, -0.2) is 29.9 Å². The summed E-state index contributed by atoms with van der Waals surface area (Å²) in [5, 5.41) is 0. The van der Waals surface area contributed by atoms with Crippen molar-refractivity contribution in [3.8, 4) is 0 Å². The van der Waals surface area contributed by atoms with E-state index in [1.807, 2.05) is 0 Å². The molecule has 0 radical (unpaired) electrons. The number of carbonyl (C=O) groups excluding carboxylic acids is 1. The second-order valence-electron chi connectivity index (χ2n) is 6.19. The fourth-order valence-corrected chi connectivity index (χ4v) is 3.16. The van der Waals surface area contributed by atoms with Crippen molar-refractivity contribution in [1.29, 1.82) is 0 Å². The normalized spacial score (nSPS) is 34.4. The summed E-state index contributed by atoms with van der Waals surface area (Å²) >= 11 is 0. The van der Waals surface area contributed by atoms with Crippen LogP contribution in [0.5, 0.6) is 0 Å². The van der Waals surface area contributed by atoms with Gasteiger partial charge in [0.05, 0.1) is 0 Å². The third kappa shape index (κ3) is 3.01. The summed E-state index contributed by atoms with van der Waals surface area (Å²) in [5.41, 5.74) is 5.89. The van der Waals surface area contributed by atoms with Gasteiger partial charge in [-0.1, -0.05) is 13.8 Å². The Balaban J connectivity index is 1.84. The highest BCUT2D eigenvalue weighted by Gasteiger charge is 2.33. The molecule has 2 fully saturated rings. The first-order valence-electron chi connectivity index (χ1n) is 7.12. The van der Waals surface area contributed by atoms with Crippen LogP contribution in [0.3, 0.4) is 0 Å². The highest BCUT2D eigenvalue weighted by atomic mass is 16.2. The SMILES string of the molecule is CC(C)C1CCN(C(=O)C2CCC(N)CC2)C1. The molecule has 1 aliphatic carbocycles. The molecule has 1 aliphatic heterocycles. The van der Waals surface area contributed by atoms with Gasteiger partial charge in [-0.3, -0.25) is 4.79 Å². The van der Waals surface area contributed by atoms with Crippen molar-refractivity contribution < 1.29 is 4.79 Å². The molecule has 1 unspecified atom stereocenters. The second kappa shape index (κ2) is 5.38. The van der Waals surface area contributed by atoms with E-state index in [2.05, 4.69) is 18.7 Å². The smallest absolute Gasteiger partial charge is 0.225 e. The van der Waals surface area contributed by atoms with Gasteiger partial charge < -0.3 is 10.6 Å². The number of nitrogens with two attached hydrogens (primary N) is 1. The standard InChI is InChI=1S/C14H26N2O/c1-10(2)12-7-8-16(9-12)14(17)11-3-5-13(15)6-4-11/h10-13H,3-9,15H2,1-2H3. The van der Waals surface area contributed by atoms with Crippen LogP contribution in [0.1, 0.15) is 46.0 Å². The molecule has 1 amide bonds. The Labute approximate surface area is 105 Å². The van der Waals surface area contributed by atoms with E-state index in [4.69, 9.17) is 5.73 Å². The number of carbonyl (C=O) groups is 1. The van der Waals surface area contributed by atoms with Gasteiger partial charge in [0.1, 0.15) is 0 Å². The van der Waals surface area contributed by atoms with Crippen molar-refractivity contribution in [2.75, 3.05) is 13.1 Å². The van der Waals surface area contributed by atoms with E-state index in [1.165, 1.54) is 6.42 Å². The number of hydrogen-bond acceptors (Lipinski definition) is 2. The molecule has 1 saturated heterocycles. The average Bonchev–Trinajstić information content (AvgIpc) is 2.78. The molecule has 1 atom stereocenters. The summed E-state index contributed by atoms with van der Waals surface area (Å²) in [4.78, 5) is 14.5. The molecule has 0 aromatic rings. The Morgan fingerprint density at radius 1 is 1.18 bits per heavy atom. The van der Waals surface area contributed by atoms with Crippen LogP contribution in [0, 0.1) is 17.8 Å². The zero-order valence-corrected chi connectivity index (χ0v) is 11.2. The van der Waals surface area contributed by atoms with E-state index in [0.717, 1.165) is 38.8 Å². The quantitative estimate of drug-likeness (QED) is 0.800. The van der Waals surface area contributed by atoms with Gasteiger partial charge >= 0.3 is 0 Å². The minimum absolute atomic E-state index is 0.265. The van der Waals surface area contributed by atoms with Gasteiger partial charge in [0, 0.05) is 25.0 Å². The number of rotatable bonds is 2. The molecule has 98 valence electrons. The van der Waals surface area contributed by atoms with Crippen molar-refractivity contribution in [1.82, 2.24) is 4.90 Å². The topological polar surface area (TPSA) is 46.3 Å². The molecule has 3 heteroatoms. The Morgan fingerprint density at radius 3 is 2.35 bits per heavy atom. The summed E-state index contributed by atoms with van der Waals surface area (Å²) in [6, 6.07) is 0.334. The minimum Gasteiger partial charge on any atom is -0.342 e. The van der Waals surface area contributed by atoms with Crippen LogP contribution in [0.25, 0.3) is 0 Å². The monoisotopic (exact) mass is 238 g/mol. The van der Waals surface area contributed by atoms with Gasteiger partial charge in [-0.05, 0) is 43.9 Å².